The van der Waals surface area contributed by atoms with Crippen molar-refractivity contribution in [3.8, 4) is 16.8 Å². The molecule has 3 heterocycles. The fourth-order valence-corrected chi connectivity index (χ4v) is 6.87. The van der Waals surface area contributed by atoms with E-state index in [0.717, 1.165) is 0 Å². The number of hydrogen-bond donors (Lipinski definition) is 1. The van der Waals surface area contributed by atoms with Crippen molar-refractivity contribution in [1.82, 2.24) is 29.6 Å². The largest absolute Gasteiger partial charge is 0.370 e. The Morgan fingerprint density at radius 3 is 2.50 bits per heavy atom. The van der Waals surface area contributed by atoms with E-state index in [-0.39, 0.29) is 27.4 Å². The minimum atomic E-state index is -4.10. The quantitative estimate of drug-likeness (QED) is 0.463. The minimum absolute atomic E-state index is 0.0514. The molecular formula is C23H26F2N8O3S2. The first kappa shape index (κ1) is 26.4. The number of anilines is 1. The van der Waals surface area contributed by atoms with Crippen molar-refractivity contribution >= 4 is 43.9 Å². The number of benzene rings is 1. The van der Waals surface area contributed by atoms with E-state index in [4.69, 9.17) is 0 Å². The van der Waals surface area contributed by atoms with Gasteiger partial charge in [-0.15, -0.1) is 10.2 Å². The number of fused-ring (bicyclic) bond motifs is 1. The second-order valence-electron chi connectivity index (χ2n) is 9.85. The zero-order valence-electron chi connectivity index (χ0n) is 21.0. The van der Waals surface area contributed by atoms with Gasteiger partial charge in [-0.05, 0) is 37.8 Å². The Morgan fingerprint density at radius 1 is 1.26 bits per heavy atom. The minimum Gasteiger partial charge on any atom is -0.370 e. The summed E-state index contributed by atoms with van der Waals surface area (Å²) in [6.45, 7) is 1.01. The second-order valence-corrected chi connectivity index (χ2v) is 12.5. The first-order chi connectivity index (χ1) is 17.9. The molecule has 0 bridgehead atoms. The maximum atomic E-state index is 13.4. The lowest BCUT2D eigenvalue weighted by atomic mass is 9.95. The van der Waals surface area contributed by atoms with Gasteiger partial charge in [0.15, 0.2) is 10.0 Å². The third-order valence-corrected chi connectivity index (χ3v) is 9.40. The summed E-state index contributed by atoms with van der Waals surface area (Å²) in [7, 11) is 1.02. The molecule has 11 nitrogen and oxygen atoms in total. The number of carbonyl (C=O) groups is 1. The summed E-state index contributed by atoms with van der Waals surface area (Å²) in [5, 5.41) is 21.5. The molecule has 1 amide bonds. The van der Waals surface area contributed by atoms with Crippen molar-refractivity contribution in [2.24, 2.45) is 13.0 Å². The molecule has 1 aromatic carbocycles. The van der Waals surface area contributed by atoms with Gasteiger partial charge in [-0.2, -0.15) is 15.1 Å². The molecule has 1 N–H and O–H groups in total. The monoisotopic (exact) mass is 564 g/mol. The smallest absolute Gasteiger partial charge is 0.291 e. The summed E-state index contributed by atoms with van der Waals surface area (Å²) >= 11 is 0.695. The average Bonchev–Trinajstić information content (AvgIpc) is 3.31. The summed E-state index contributed by atoms with van der Waals surface area (Å²) in [5.74, 6) is -0.0811. The standard InChI is InChI=1S/C23H26F2N8O3S2/c1-31(2)22(34)13-4-8-33(9-5-13)16-11-14(38(35,36)30-23(12-26)6-7-23)10-15-17(29-32(3)18(15)16)20-27-28-21(37-20)19(24)25/h10-11,13,19,30H,4-9H2,1-3H3. The molecule has 202 valence electrons. The van der Waals surface area contributed by atoms with Crippen molar-refractivity contribution in [2.45, 2.75) is 42.5 Å². The summed E-state index contributed by atoms with van der Waals surface area (Å²) in [4.78, 5) is 16.0. The first-order valence-electron chi connectivity index (χ1n) is 12.0. The molecule has 1 saturated heterocycles. The molecule has 38 heavy (non-hydrogen) atoms. The Morgan fingerprint density at radius 2 is 1.95 bits per heavy atom. The highest BCUT2D eigenvalue weighted by Gasteiger charge is 2.47. The molecule has 0 unspecified atom stereocenters. The number of aryl methyl sites for hydroxylation is 1. The van der Waals surface area contributed by atoms with Gasteiger partial charge >= 0.3 is 0 Å². The number of amides is 1. The molecular weight excluding hydrogens is 538 g/mol. The van der Waals surface area contributed by atoms with Crippen molar-refractivity contribution in [2.75, 3.05) is 32.1 Å². The van der Waals surface area contributed by atoms with E-state index in [1.807, 2.05) is 11.0 Å². The van der Waals surface area contributed by atoms with Gasteiger partial charge in [0, 0.05) is 45.5 Å². The van der Waals surface area contributed by atoms with Crippen LogP contribution in [0.4, 0.5) is 14.5 Å². The molecule has 5 rings (SSSR count). The van der Waals surface area contributed by atoms with Crippen LogP contribution < -0.4 is 9.62 Å². The SMILES string of the molecule is CN(C)C(=O)C1CCN(c2cc(S(=O)(=O)NC3(C#N)CC3)cc3c(-c4nnc(C(F)F)s4)nn(C)c23)CC1. The zero-order valence-corrected chi connectivity index (χ0v) is 22.6. The normalized spacial score (nSPS) is 17.7. The van der Waals surface area contributed by atoms with E-state index < -0.39 is 27.0 Å². The van der Waals surface area contributed by atoms with Crippen LogP contribution in [0.2, 0.25) is 0 Å². The Bertz CT molecular complexity index is 1550. The number of piperidine rings is 1. The molecule has 2 fully saturated rings. The van der Waals surface area contributed by atoms with E-state index >= 15 is 0 Å². The van der Waals surface area contributed by atoms with E-state index in [9.17, 15) is 27.3 Å². The Labute approximate surface area is 222 Å². The van der Waals surface area contributed by atoms with Crippen LogP contribution in [0.15, 0.2) is 17.0 Å². The molecule has 0 radical (unpaired) electrons. The zero-order chi connectivity index (χ0) is 27.4. The predicted molar refractivity (Wildman–Crippen MR) is 136 cm³/mol. The second kappa shape index (κ2) is 9.51. The van der Waals surface area contributed by atoms with Gasteiger partial charge in [-0.25, -0.2) is 17.2 Å². The maximum Gasteiger partial charge on any atom is 0.291 e. The number of carbonyl (C=O) groups excluding carboxylic acids is 1. The summed E-state index contributed by atoms with van der Waals surface area (Å²) in [6.07, 6.45) is -0.775. The van der Waals surface area contributed by atoms with Crippen molar-refractivity contribution < 1.29 is 22.0 Å². The van der Waals surface area contributed by atoms with Gasteiger partial charge in [-0.3, -0.25) is 9.48 Å². The summed E-state index contributed by atoms with van der Waals surface area (Å²) < 4.78 is 57.3. The number of hydrogen-bond acceptors (Lipinski definition) is 9. The number of nitrogens with zero attached hydrogens (tertiary/aromatic N) is 7. The van der Waals surface area contributed by atoms with Crippen molar-refractivity contribution in [1.29, 1.82) is 5.26 Å². The van der Waals surface area contributed by atoms with Gasteiger partial charge in [0.25, 0.3) is 6.43 Å². The molecule has 15 heteroatoms. The molecule has 3 aromatic rings. The number of alkyl halides is 2. The van der Waals surface area contributed by atoms with E-state index in [1.165, 1.54) is 6.07 Å². The third kappa shape index (κ3) is 4.72. The molecule has 1 aliphatic carbocycles. The van der Waals surface area contributed by atoms with E-state index in [1.54, 1.807) is 36.8 Å². The number of halogens is 2. The lowest BCUT2D eigenvalue weighted by Gasteiger charge is -2.34. The lowest BCUT2D eigenvalue weighted by Crippen LogP contribution is -2.40. The summed E-state index contributed by atoms with van der Waals surface area (Å²) in [5.41, 5.74) is 0.304. The fraction of sp³-hybridized carbons (Fsp3) is 0.522. The van der Waals surface area contributed by atoms with Crippen LogP contribution in [0.3, 0.4) is 0 Å². The van der Waals surface area contributed by atoms with Gasteiger partial charge in [0.2, 0.25) is 15.9 Å². The Hall–Kier alpha value is -3.22. The highest BCUT2D eigenvalue weighted by atomic mass is 32.2. The van der Waals surface area contributed by atoms with Crippen LogP contribution in [-0.4, -0.2) is 71.9 Å². The highest BCUT2D eigenvalue weighted by Crippen LogP contribution is 2.41. The number of nitrogens with one attached hydrogen (secondary N) is 1. The molecule has 2 aromatic heterocycles. The van der Waals surface area contributed by atoms with Crippen LogP contribution in [0.5, 0.6) is 0 Å². The van der Waals surface area contributed by atoms with Crippen LogP contribution in [0, 0.1) is 17.2 Å². The number of aromatic nitrogens is 4. The van der Waals surface area contributed by atoms with Crippen LogP contribution in [-0.2, 0) is 21.9 Å². The lowest BCUT2D eigenvalue weighted by molar-refractivity contribution is -0.133. The molecule has 0 atom stereocenters. The van der Waals surface area contributed by atoms with Gasteiger partial charge in [-0.1, -0.05) is 11.3 Å². The highest BCUT2D eigenvalue weighted by molar-refractivity contribution is 7.89. The molecule has 2 aliphatic rings. The summed E-state index contributed by atoms with van der Waals surface area (Å²) in [6, 6.07) is 5.01. The van der Waals surface area contributed by atoms with Gasteiger partial charge in [0.1, 0.15) is 11.2 Å². The average molecular weight is 565 g/mol. The van der Waals surface area contributed by atoms with E-state index in [0.29, 0.717) is 66.7 Å². The first-order valence-corrected chi connectivity index (χ1v) is 14.3. The van der Waals surface area contributed by atoms with E-state index in [2.05, 4.69) is 20.0 Å². The van der Waals surface area contributed by atoms with Gasteiger partial charge < -0.3 is 9.80 Å². The topological polar surface area (TPSA) is 137 Å². The molecule has 1 saturated carbocycles. The molecule has 0 spiro atoms. The van der Waals surface area contributed by atoms with Crippen molar-refractivity contribution in [3.05, 3.63) is 17.1 Å². The van der Waals surface area contributed by atoms with Crippen LogP contribution in [0.25, 0.3) is 21.6 Å². The predicted octanol–water partition coefficient (Wildman–Crippen LogP) is 2.67. The molecule has 1 aliphatic heterocycles. The van der Waals surface area contributed by atoms with Crippen LogP contribution >= 0.6 is 11.3 Å². The number of rotatable bonds is 7. The number of nitriles is 1. The number of sulfonamides is 1. The van der Waals surface area contributed by atoms with Crippen LogP contribution in [0.1, 0.15) is 37.1 Å². The Kier molecular flexibility index (Phi) is 6.60. The van der Waals surface area contributed by atoms with Gasteiger partial charge in [0.05, 0.1) is 22.2 Å². The maximum absolute atomic E-state index is 13.4. The fourth-order valence-electron chi connectivity index (χ4n) is 4.75. The van der Waals surface area contributed by atoms with Crippen molar-refractivity contribution in [3.63, 3.8) is 0 Å². The third-order valence-electron chi connectivity index (χ3n) is 6.95. The Balaban J connectivity index is 1.62.